The molecule has 1 atom stereocenters. The summed E-state index contributed by atoms with van der Waals surface area (Å²) in [6.07, 6.45) is 9.17. The molecule has 2 heteroatoms. The second kappa shape index (κ2) is 10.2. The summed E-state index contributed by atoms with van der Waals surface area (Å²) in [7, 11) is 4.14. The molecule has 0 spiro atoms. The van der Waals surface area contributed by atoms with E-state index in [0.29, 0.717) is 5.92 Å². The van der Waals surface area contributed by atoms with Crippen LogP contribution >= 0.6 is 12.2 Å². The van der Waals surface area contributed by atoms with E-state index in [1.165, 1.54) is 49.7 Å². The normalized spacial score (nSPS) is 12.9. The third-order valence-electron chi connectivity index (χ3n) is 4.76. The summed E-state index contributed by atoms with van der Waals surface area (Å²) < 4.78 is 0. The van der Waals surface area contributed by atoms with Crippen molar-refractivity contribution in [1.29, 1.82) is 0 Å². The van der Waals surface area contributed by atoms with Gasteiger partial charge in [-0.05, 0) is 23.0 Å². The molecule has 0 bridgehead atoms. The zero-order chi connectivity index (χ0) is 18.2. The molecule has 0 saturated heterocycles. The van der Waals surface area contributed by atoms with Gasteiger partial charge in [0, 0.05) is 20.0 Å². The average Bonchev–Trinajstić information content (AvgIpc) is 2.53. The van der Waals surface area contributed by atoms with Crippen molar-refractivity contribution in [2.45, 2.75) is 84.0 Å². The van der Waals surface area contributed by atoms with Gasteiger partial charge in [0.15, 0.2) is 0 Å². The first-order valence-corrected chi connectivity index (χ1v) is 9.99. The standard InChI is InChI=1S/C22H37NS/c1-7-8-9-10-11-12-13-20(21(24)23(5)6)18-14-16-19(17-15-18)22(2,3)4/h14-17,20H,7-13H2,1-6H3. The van der Waals surface area contributed by atoms with Gasteiger partial charge < -0.3 is 4.90 Å². The molecule has 0 aliphatic rings. The number of likely N-dealkylation sites (N-methyl/N-ethyl adjacent to an activating group) is 1. The Morgan fingerprint density at radius 1 is 0.958 bits per heavy atom. The summed E-state index contributed by atoms with van der Waals surface area (Å²) in [5, 5.41) is 0. The molecular formula is C22H37NS. The van der Waals surface area contributed by atoms with Gasteiger partial charge in [0.2, 0.25) is 0 Å². The molecular weight excluding hydrogens is 310 g/mol. The summed E-state index contributed by atoms with van der Waals surface area (Å²) >= 11 is 5.73. The molecule has 0 fully saturated rings. The minimum atomic E-state index is 0.204. The Morgan fingerprint density at radius 3 is 2.00 bits per heavy atom. The molecule has 0 aromatic heterocycles. The van der Waals surface area contributed by atoms with E-state index in [0.717, 1.165) is 11.4 Å². The van der Waals surface area contributed by atoms with E-state index < -0.39 is 0 Å². The van der Waals surface area contributed by atoms with Crippen molar-refractivity contribution in [2.24, 2.45) is 0 Å². The highest BCUT2D eigenvalue weighted by atomic mass is 32.1. The van der Waals surface area contributed by atoms with E-state index in [1.807, 2.05) is 0 Å². The lowest BCUT2D eigenvalue weighted by Gasteiger charge is -2.25. The van der Waals surface area contributed by atoms with E-state index in [9.17, 15) is 0 Å². The number of hydrogen-bond acceptors (Lipinski definition) is 1. The first-order valence-electron chi connectivity index (χ1n) is 9.59. The molecule has 1 aromatic carbocycles. The maximum Gasteiger partial charge on any atom is 0.0849 e. The predicted octanol–water partition coefficient (Wildman–Crippen LogP) is 6.71. The number of rotatable bonds is 9. The maximum absolute atomic E-state index is 5.73. The third-order valence-corrected chi connectivity index (χ3v) is 5.41. The van der Waals surface area contributed by atoms with Crippen LogP contribution in [0.15, 0.2) is 24.3 Å². The van der Waals surface area contributed by atoms with Gasteiger partial charge in [-0.3, -0.25) is 0 Å². The van der Waals surface area contributed by atoms with E-state index in [-0.39, 0.29) is 5.41 Å². The van der Waals surface area contributed by atoms with Crippen molar-refractivity contribution in [3.05, 3.63) is 35.4 Å². The first kappa shape index (κ1) is 21.2. The highest BCUT2D eigenvalue weighted by molar-refractivity contribution is 7.80. The number of hydrogen-bond donors (Lipinski definition) is 0. The van der Waals surface area contributed by atoms with Gasteiger partial charge >= 0.3 is 0 Å². The van der Waals surface area contributed by atoms with Crippen molar-refractivity contribution < 1.29 is 0 Å². The fourth-order valence-corrected chi connectivity index (χ4v) is 3.34. The summed E-state index contributed by atoms with van der Waals surface area (Å²) in [5.41, 5.74) is 2.96. The van der Waals surface area contributed by atoms with Crippen LogP contribution in [0.5, 0.6) is 0 Å². The number of unbranched alkanes of at least 4 members (excludes halogenated alkanes) is 5. The van der Waals surface area contributed by atoms with Crippen molar-refractivity contribution in [2.75, 3.05) is 14.1 Å². The Balaban J connectivity index is 2.73. The average molecular weight is 348 g/mol. The van der Waals surface area contributed by atoms with Crippen LogP contribution in [0.4, 0.5) is 0 Å². The third kappa shape index (κ3) is 6.93. The second-order valence-electron chi connectivity index (χ2n) is 8.21. The summed E-state index contributed by atoms with van der Waals surface area (Å²) in [6.45, 7) is 9.06. The molecule has 1 nitrogen and oxygen atoms in total. The van der Waals surface area contributed by atoms with Gasteiger partial charge in [-0.2, -0.15) is 0 Å². The fraction of sp³-hybridized carbons (Fsp3) is 0.682. The van der Waals surface area contributed by atoms with Crippen LogP contribution in [0.25, 0.3) is 0 Å². The lowest BCUT2D eigenvalue weighted by molar-refractivity contribution is 0.549. The van der Waals surface area contributed by atoms with Gasteiger partial charge in [0.1, 0.15) is 0 Å². The van der Waals surface area contributed by atoms with Crippen LogP contribution in [-0.4, -0.2) is 24.0 Å². The molecule has 1 rings (SSSR count). The van der Waals surface area contributed by atoms with Crippen LogP contribution < -0.4 is 0 Å². The number of benzene rings is 1. The van der Waals surface area contributed by atoms with Crippen LogP contribution in [0.1, 0.15) is 89.7 Å². The zero-order valence-corrected chi connectivity index (χ0v) is 17.5. The Hall–Kier alpha value is -0.890. The largest absolute Gasteiger partial charge is 0.372 e. The number of nitrogens with zero attached hydrogens (tertiary/aromatic N) is 1. The molecule has 0 saturated carbocycles. The smallest absolute Gasteiger partial charge is 0.0849 e. The molecule has 0 N–H and O–H groups in total. The highest BCUT2D eigenvalue weighted by Gasteiger charge is 2.20. The highest BCUT2D eigenvalue weighted by Crippen LogP contribution is 2.29. The predicted molar refractivity (Wildman–Crippen MR) is 112 cm³/mol. The zero-order valence-electron chi connectivity index (χ0n) is 16.7. The van der Waals surface area contributed by atoms with Crippen LogP contribution in [0.3, 0.4) is 0 Å². The Kier molecular flexibility index (Phi) is 8.97. The maximum atomic E-state index is 5.73. The van der Waals surface area contributed by atoms with Crippen LogP contribution in [-0.2, 0) is 5.41 Å². The van der Waals surface area contributed by atoms with E-state index in [2.05, 4.69) is 71.0 Å². The second-order valence-corrected chi connectivity index (χ2v) is 8.63. The molecule has 0 heterocycles. The Bertz CT molecular complexity index is 482. The molecule has 136 valence electrons. The minimum Gasteiger partial charge on any atom is -0.372 e. The molecule has 0 aliphatic heterocycles. The number of thiocarbonyl (C=S) groups is 1. The summed E-state index contributed by atoms with van der Waals surface area (Å²) in [6, 6.07) is 9.14. The summed E-state index contributed by atoms with van der Waals surface area (Å²) in [4.78, 5) is 3.17. The summed E-state index contributed by atoms with van der Waals surface area (Å²) in [5.74, 6) is 0.371. The van der Waals surface area contributed by atoms with E-state index in [4.69, 9.17) is 12.2 Å². The van der Waals surface area contributed by atoms with Crippen molar-refractivity contribution in [1.82, 2.24) is 4.90 Å². The van der Waals surface area contributed by atoms with E-state index >= 15 is 0 Å². The van der Waals surface area contributed by atoms with Crippen molar-refractivity contribution >= 4 is 17.2 Å². The van der Waals surface area contributed by atoms with Crippen molar-refractivity contribution in [3.63, 3.8) is 0 Å². The lowest BCUT2D eigenvalue weighted by Crippen LogP contribution is -2.26. The van der Waals surface area contributed by atoms with Crippen molar-refractivity contribution in [3.8, 4) is 0 Å². The Labute approximate surface area is 155 Å². The van der Waals surface area contributed by atoms with E-state index in [1.54, 1.807) is 0 Å². The SMILES string of the molecule is CCCCCCCCC(C(=S)N(C)C)c1ccc(C(C)(C)C)cc1. The fourth-order valence-electron chi connectivity index (χ4n) is 3.09. The molecule has 0 amide bonds. The van der Waals surface area contributed by atoms with Crippen LogP contribution in [0, 0.1) is 0 Å². The minimum absolute atomic E-state index is 0.204. The monoisotopic (exact) mass is 347 g/mol. The molecule has 0 aliphatic carbocycles. The van der Waals surface area contributed by atoms with Gasteiger partial charge in [-0.25, -0.2) is 0 Å². The molecule has 1 unspecified atom stereocenters. The lowest BCUT2D eigenvalue weighted by atomic mass is 9.84. The molecule has 0 radical (unpaired) electrons. The van der Waals surface area contributed by atoms with Crippen LogP contribution in [0.2, 0.25) is 0 Å². The van der Waals surface area contributed by atoms with Gasteiger partial charge in [-0.1, -0.05) is 103 Å². The van der Waals surface area contributed by atoms with Gasteiger partial charge in [0.25, 0.3) is 0 Å². The topological polar surface area (TPSA) is 3.24 Å². The van der Waals surface area contributed by atoms with Gasteiger partial charge in [-0.15, -0.1) is 0 Å². The molecule has 24 heavy (non-hydrogen) atoms. The Morgan fingerprint density at radius 2 is 1.50 bits per heavy atom. The first-order chi connectivity index (χ1) is 11.3. The molecule has 1 aromatic rings. The quantitative estimate of drug-likeness (QED) is 0.361. The van der Waals surface area contributed by atoms with Gasteiger partial charge in [0.05, 0.1) is 4.99 Å².